The quantitative estimate of drug-likeness (QED) is 0.449. The number of nitrogens with one attached hydrogen (secondary N) is 1. The van der Waals surface area contributed by atoms with Crippen LogP contribution in [0.15, 0.2) is 65.7 Å². The molecule has 2 aliphatic rings. The fraction of sp³-hybridized carbons (Fsp3) is 0.174. The molecule has 0 saturated heterocycles. The number of ether oxygens (including phenoxy) is 1. The Morgan fingerprint density at radius 3 is 2.42 bits per heavy atom. The largest absolute Gasteiger partial charge is 0.465 e. The summed E-state index contributed by atoms with van der Waals surface area (Å²) in [5.74, 6) is -0.915. The number of H-pyrrole nitrogens is 1. The van der Waals surface area contributed by atoms with Crippen molar-refractivity contribution >= 4 is 17.6 Å². The van der Waals surface area contributed by atoms with Gasteiger partial charge in [0.05, 0.1) is 12.7 Å². The van der Waals surface area contributed by atoms with Crippen LogP contribution in [0.25, 0.3) is 11.3 Å². The molecule has 0 spiro atoms. The average molecular weight is 440 g/mol. The molecule has 2 aromatic carbocycles. The monoisotopic (exact) mass is 439 g/mol. The zero-order valence-electron chi connectivity index (χ0n) is 16.6. The fourth-order valence-corrected chi connectivity index (χ4v) is 3.80. The molecule has 31 heavy (non-hydrogen) atoms. The van der Waals surface area contributed by atoms with Crippen LogP contribution >= 0.6 is 11.6 Å². The normalized spacial score (nSPS) is 12.1. The zero-order chi connectivity index (χ0) is 22.0. The number of benzene rings is 2. The van der Waals surface area contributed by atoms with Gasteiger partial charge in [0.15, 0.2) is 0 Å². The Morgan fingerprint density at radius 1 is 1.13 bits per heavy atom. The summed E-state index contributed by atoms with van der Waals surface area (Å²) in [6.45, 7) is 0.495. The average Bonchev–Trinajstić information content (AvgIpc) is 3.16. The number of aromatic nitrogens is 3. The Balaban J connectivity index is 1.69. The van der Waals surface area contributed by atoms with Crippen molar-refractivity contribution in [1.29, 1.82) is 0 Å². The summed E-state index contributed by atoms with van der Waals surface area (Å²) >= 11 is 6.04. The minimum absolute atomic E-state index is 0.0429. The lowest BCUT2D eigenvalue weighted by Crippen LogP contribution is -2.13. The van der Waals surface area contributed by atoms with E-state index >= 15 is 0 Å². The van der Waals surface area contributed by atoms with Crippen LogP contribution in [-0.2, 0) is 11.3 Å². The van der Waals surface area contributed by atoms with Crippen molar-refractivity contribution in [3.8, 4) is 11.3 Å². The van der Waals surface area contributed by atoms with E-state index in [-0.39, 0.29) is 28.6 Å². The van der Waals surface area contributed by atoms with E-state index in [1.165, 1.54) is 19.2 Å². The van der Waals surface area contributed by atoms with Crippen LogP contribution in [0.2, 0.25) is 5.02 Å². The molecule has 0 amide bonds. The summed E-state index contributed by atoms with van der Waals surface area (Å²) < 4.78 is 20.1. The number of carbonyl (C=O) groups excluding carboxylic acids is 1. The molecule has 0 bridgehead atoms. The van der Waals surface area contributed by atoms with Crippen molar-refractivity contribution in [3.05, 3.63) is 98.8 Å². The van der Waals surface area contributed by atoms with Crippen LogP contribution in [0.5, 0.6) is 0 Å². The number of rotatable bonds is 6. The fourth-order valence-electron chi connectivity index (χ4n) is 3.67. The zero-order valence-corrected chi connectivity index (χ0v) is 17.4. The highest BCUT2D eigenvalue weighted by atomic mass is 35.5. The summed E-state index contributed by atoms with van der Waals surface area (Å²) in [4.78, 5) is 24.3. The van der Waals surface area contributed by atoms with E-state index in [1.807, 2.05) is 24.3 Å². The third-order valence-electron chi connectivity index (χ3n) is 5.24. The smallest absolute Gasteiger partial charge is 0.341 e. The molecule has 1 N–H and O–H groups in total. The third kappa shape index (κ3) is 4.36. The second-order valence-electron chi connectivity index (χ2n) is 7.16. The SMILES string of the molecule is COC(=O)c1cn(CC[C@@H](c2ccc(F)cc2)c2ccc(Cl)cc2)cc2c(=O)[nH]nc1-2. The Hall–Kier alpha value is -3.45. The molecule has 2 heterocycles. The van der Waals surface area contributed by atoms with Crippen LogP contribution < -0.4 is 5.56 Å². The summed E-state index contributed by atoms with van der Waals surface area (Å²) in [7, 11) is 1.28. The third-order valence-corrected chi connectivity index (χ3v) is 5.49. The number of pyridine rings is 1. The standard InChI is InChI=1S/C23H19ClFN3O3/c1-31-23(30)20-13-28(12-19-21(20)26-27-22(19)29)11-10-18(14-2-6-16(24)7-3-14)15-4-8-17(25)9-5-15/h2-9,12-13,18H,10-11H2,1H3,(H,27,29)/t18-/m1/s1. The molecular formula is C23H19ClFN3O3. The first-order valence-corrected chi connectivity index (χ1v) is 10.0. The first-order valence-electron chi connectivity index (χ1n) is 9.63. The van der Waals surface area contributed by atoms with Gasteiger partial charge in [-0.1, -0.05) is 35.9 Å². The van der Waals surface area contributed by atoms with Gasteiger partial charge in [0.2, 0.25) is 0 Å². The number of esters is 1. The number of aryl methyl sites for hydroxylation is 1. The molecule has 6 nitrogen and oxygen atoms in total. The number of nitrogens with zero attached hydrogens (tertiary/aromatic N) is 2. The summed E-state index contributed by atoms with van der Waals surface area (Å²) in [5, 5.41) is 6.94. The molecule has 4 rings (SSSR count). The van der Waals surface area contributed by atoms with Crippen LogP contribution in [-0.4, -0.2) is 27.8 Å². The number of halogens is 2. The number of hydrogen-bond acceptors (Lipinski definition) is 4. The number of methoxy groups -OCH3 is 1. The highest BCUT2D eigenvalue weighted by Gasteiger charge is 2.22. The van der Waals surface area contributed by atoms with Gasteiger partial charge in [0.1, 0.15) is 17.1 Å². The van der Waals surface area contributed by atoms with Gasteiger partial charge >= 0.3 is 5.97 Å². The van der Waals surface area contributed by atoms with Crippen molar-refractivity contribution in [2.45, 2.75) is 18.9 Å². The second-order valence-corrected chi connectivity index (χ2v) is 7.60. The van der Waals surface area contributed by atoms with E-state index in [0.717, 1.165) is 11.1 Å². The summed E-state index contributed by atoms with van der Waals surface area (Å²) in [6.07, 6.45) is 3.92. The highest BCUT2D eigenvalue weighted by Crippen LogP contribution is 2.30. The van der Waals surface area contributed by atoms with Crippen LogP contribution in [0.4, 0.5) is 4.39 Å². The van der Waals surface area contributed by atoms with Gasteiger partial charge < -0.3 is 9.30 Å². The van der Waals surface area contributed by atoms with E-state index in [2.05, 4.69) is 10.2 Å². The van der Waals surface area contributed by atoms with E-state index < -0.39 is 5.97 Å². The molecule has 8 heteroatoms. The Labute approximate surface area is 182 Å². The van der Waals surface area contributed by atoms with Gasteiger partial charge in [0, 0.05) is 29.9 Å². The number of carbonyl (C=O) groups is 1. The van der Waals surface area contributed by atoms with Crippen molar-refractivity contribution in [2.24, 2.45) is 0 Å². The molecular weight excluding hydrogens is 421 g/mol. The maximum Gasteiger partial charge on any atom is 0.341 e. The number of hydrogen-bond donors (Lipinski definition) is 1. The highest BCUT2D eigenvalue weighted by molar-refractivity contribution is 6.30. The lowest BCUT2D eigenvalue weighted by atomic mass is 9.88. The van der Waals surface area contributed by atoms with Gasteiger partial charge in [-0.25, -0.2) is 14.3 Å². The van der Waals surface area contributed by atoms with E-state index in [9.17, 15) is 14.0 Å². The molecule has 0 fully saturated rings. The van der Waals surface area contributed by atoms with Gasteiger partial charge in [0.25, 0.3) is 5.56 Å². The van der Waals surface area contributed by atoms with E-state index in [4.69, 9.17) is 16.3 Å². The first kappa shape index (κ1) is 20.8. The minimum atomic E-state index is -0.571. The lowest BCUT2D eigenvalue weighted by Gasteiger charge is -2.20. The van der Waals surface area contributed by atoms with Crippen LogP contribution in [0, 0.1) is 5.82 Å². The van der Waals surface area contributed by atoms with E-state index in [0.29, 0.717) is 23.6 Å². The van der Waals surface area contributed by atoms with Gasteiger partial charge in [-0.2, -0.15) is 5.10 Å². The Bertz CT molecular complexity index is 1190. The van der Waals surface area contributed by atoms with Crippen molar-refractivity contribution < 1.29 is 13.9 Å². The topological polar surface area (TPSA) is 77.0 Å². The molecule has 158 valence electrons. The molecule has 0 aromatic heterocycles. The predicted molar refractivity (Wildman–Crippen MR) is 115 cm³/mol. The lowest BCUT2D eigenvalue weighted by molar-refractivity contribution is 0.0600. The molecule has 0 unspecified atom stereocenters. The maximum absolute atomic E-state index is 13.5. The first-order chi connectivity index (χ1) is 15.0. The molecule has 0 saturated carbocycles. The van der Waals surface area contributed by atoms with Crippen LogP contribution in [0.3, 0.4) is 0 Å². The molecule has 0 aliphatic carbocycles. The minimum Gasteiger partial charge on any atom is -0.465 e. The predicted octanol–water partition coefficient (Wildman–Crippen LogP) is 4.48. The molecule has 1 atom stereocenters. The van der Waals surface area contributed by atoms with Crippen LogP contribution in [0.1, 0.15) is 33.8 Å². The molecule has 2 aliphatic heterocycles. The summed E-state index contributed by atoms with van der Waals surface area (Å²) in [6, 6.07) is 13.9. The molecule has 0 radical (unpaired) electrons. The van der Waals surface area contributed by atoms with E-state index in [1.54, 1.807) is 29.1 Å². The van der Waals surface area contributed by atoms with Crippen molar-refractivity contribution in [3.63, 3.8) is 0 Å². The number of aromatic amines is 1. The van der Waals surface area contributed by atoms with Gasteiger partial charge in [-0.15, -0.1) is 0 Å². The second kappa shape index (κ2) is 8.73. The Morgan fingerprint density at radius 2 is 1.77 bits per heavy atom. The van der Waals surface area contributed by atoms with Gasteiger partial charge in [-0.3, -0.25) is 4.79 Å². The van der Waals surface area contributed by atoms with Crippen molar-refractivity contribution in [1.82, 2.24) is 14.8 Å². The number of fused-ring (bicyclic) bond motifs is 1. The van der Waals surface area contributed by atoms with Gasteiger partial charge in [-0.05, 0) is 41.8 Å². The Kier molecular flexibility index (Phi) is 5.86. The maximum atomic E-state index is 13.5. The molecule has 2 aromatic rings. The van der Waals surface area contributed by atoms with Crippen molar-refractivity contribution in [2.75, 3.05) is 7.11 Å². The summed E-state index contributed by atoms with van der Waals surface area (Å²) in [5.41, 5.74) is 2.41.